The first kappa shape index (κ1) is 18.4. The summed E-state index contributed by atoms with van der Waals surface area (Å²) in [5.74, 6) is -0.414. The molecule has 27 heavy (non-hydrogen) atoms. The van der Waals surface area contributed by atoms with Gasteiger partial charge in [0.15, 0.2) is 5.16 Å². The minimum absolute atomic E-state index is 0.0357. The van der Waals surface area contributed by atoms with Crippen LogP contribution in [0.25, 0.3) is 22.4 Å². The van der Waals surface area contributed by atoms with Gasteiger partial charge >= 0.3 is 5.97 Å². The van der Waals surface area contributed by atoms with Crippen molar-refractivity contribution in [1.29, 1.82) is 5.26 Å². The molecule has 1 heterocycles. The maximum atomic E-state index is 12.2. The molecule has 0 unspecified atom stereocenters. The minimum Gasteiger partial charge on any atom is -0.465 e. The Morgan fingerprint density at radius 3 is 2.41 bits per heavy atom. The fourth-order valence-electron chi connectivity index (χ4n) is 2.69. The van der Waals surface area contributed by atoms with Crippen molar-refractivity contribution in [1.82, 2.24) is 9.97 Å². The standard InChI is InChI=1S/C20H15N3O3S/c1-26-19(25)13-9-7-12(8-10-13)14-5-3-4-6-15(14)17-16(11-21)18(24)23-20(22-17)27-2/h3-10H,1-2H3,(H,22,23,24). The Hall–Kier alpha value is -3.37. The van der Waals surface area contributed by atoms with Crippen molar-refractivity contribution in [2.75, 3.05) is 13.4 Å². The summed E-state index contributed by atoms with van der Waals surface area (Å²) in [6.45, 7) is 0. The molecule has 0 spiro atoms. The van der Waals surface area contributed by atoms with Gasteiger partial charge in [-0.25, -0.2) is 9.78 Å². The zero-order valence-corrected chi connectivity index (χ0v) is 15.5. The van der Waals surface area contributed by atoms with Gasteiger partial charge in [0.1, 0.15) is 11.6 Å². The number of esters is 1. The fourth-order valence-corrected chi connectivity index (χ4v) is 3.07. The number of hydrogen-bond acceptors (Lipinski definition) is 6. The lowest BCUT2D eigenvalue weighted by Crippen LogP contribution is -2.14. The maximum absolute atomic E-state index is 12.2. The van der Waals surface area contributed by atoms with E-state index in [0.29, 0.717) is 22.0 Å². The van der Waals surface area contributed by atoms with Crippen molar-refractivity contribution in [3.8, 4) is 28.5 Å². The van der Waals surface area contributed by atoms with E-state index in [1.54, 1.807) is 30.5 Å². The van der Waals surface area contributed by atoms with E-state index in [2.05, 4.69) is 9.97 Å². The Labute approximate surface area is 159 Å². The number of H-pyrrole nitrogens is 1. The molecular weight excluding hydrogens is 362 g/mol. The average molecular weight is 377 g/mol. The van der Waals surface area contributed by atoms with Gasteiger partial charge in [0, 0.05) is 5.56 Å². The summed E-state index contributed by atoms with van der Waals surface area (Å²) in [7, 11) is 1.33. The number of methoxy groups -OCH3 is 1. The minimum atomic E-state index is -0.470. The maximum Gasteiger partial charge on any atom is 0.337 e. The molecule has 3 aromatic rings. The fraction of sp³-hybridized carbons (Fsp3) is 0.100. The Balaban J connectivity index is 2.19. The van der Waals surface area contributed by atoms with Crippen LogP contribution in [0.2, 0.25) is 0 Å². The Morgan fingerprint density at radius 2 is 1.81 bits per heavy atom. The molecular formula is C20H15N3O3S. The molecule has 0 atom stereocenters. The number of ether oxygens (including phenoxy) is 1. The number of aromatic nitrogens is 2. The molecule has 0 aliphatic heterocycles. The van der Waals surface area contributed by atoms with Gasteiger partial charge in [0.05, 0.1) is 18.4 Å². The molecule has 3 rings (SSSR count). The van der Waals surface area contributed by atoms with E-state index in [-0.39, 0.29) is 5.56 Å². The van der Waals surface area contributed by atoms with Crippen LogP contribution in [0.15, 0.2) is 58.5 Å². The monoisotopic (exact) mass is 377 g/mol. The number of nitriles is 1. The molecule has 0 fully saturated rings. The summed E-state index contributed by atoms with van der Waals surface area (Å²) in [5, 5.41) is 9.88. The molecule has 0 saturated heterocycles. The molecule has 0 bridgehead atoms. The van der Waals surface area contributed by atoms with Crippen LogP contribution in [-0.4, -0.2) is 29.3 Å². The van der Waals surface area contributed by atoms with Gasteiger partial charge < -0.3 is 9.72 Å². The Kier molecular flexibility index (Phi) is 5.38. The molecule has 7 heteroatoms. The highest BCUT2D eigenvalue weighted by molar-refractivity contribution is 7.98. The van der Waals surface area contributed by atoms with Crippen molar-refractivity contribution >= 4 is 17.7 Å². The number of thioether (sulfide) groups is 1. The molecule has 2 aromatic carbocycles. The predicted molar refractivity (Wildman–Crippen MR) is 104 cm³/mol. The number of rotatable bonds is 4. The zero-order chi connectivity index (χ0) is 19.4. The first-order valence-corrected chi connectivity index (χ1v) is 9.18. The second kappa shape index (κ2) is 7.89. The first-order valence-electron chi connectivity index (χ1n) is 7.95. The smallest absolute Gasteiger partial charge is 0.337 e. The zero-order valence-electron chi connectivity index (χ0n) is 14.6. The van der Waals surface area contributed by atoms with Crippen molar-refractivity contribution in [2.24, 2.45) is 0 Å². The lowest BCUT2D eigenvalue weighted by atomic mass is 9.95. The number of nitrogens with zero attached hydrogens (tertiary/aromatic N) is 2. The van der Waals surface area contributed by atoms with Crippen LogP contribution in [0.5, 0.6) is 0 Å². The van der Waals surface area contributed by atoms with E-state index in [1.165, 1.54) is 18.9 Å². The van der Waals surface area contributed by atoms with E-state index in [0.717, 1.165) is 11.1 Å². The lowest BCUT2D eigenvalue weighted by molar-refractivity contribution is 0.0601. The molecule has 0 saturated carbocycles. The second-order valence-corrected chi connectivity index (χ2v) is 6.32. The van der Waals surface area contributed by atoms with Gasteiger partial charge in [0.25, 0.3) is 5.56 Å². The van der Waals surface area contributed by atoms with E-state index in [4.69, 9.17) is 4.74 Å². The highest BCUT2D eigenvalue weighted by atomic mass is 32.2. The lowest BCUT2D eigenvalue weighted by Gasteiger charge is -2.11. The van der Waals surface area contributed by atoms with E-state index in [1.807, 2.05) is 30.3 Å². The normalized spacial score (nSPS) is 10.3. The summed E-state index contributed by atoms with van der Waals surface area (Å²) in [6.07, 6.45) is 1.80. The quantitative estimate of drug-likeness (QED) is 0.425. The average Bonchev–Trinajstić information content (AvgIpc) is 2.72. The molecule has 0 amide bonds. The van der Waals surface area contributed by atoms with Crippen molar-refractivity contribution in [3.05, 3.63) is 70.0 Å². The van der Waals surface area contributed by atoms with Gasteiger partial charge in [-0.05, 0) is 29.5 Å². The number of carbonyl (C=O) groups excluding carboxylic acids is 1. The molecule has 1 N–H and O–H groups in total. The number of carbonyl (C=O) groups is 1. The molecule has 0 radical (unpaired) electrons. The Morgan fingerprint density at radius 1 is 1.15 bits per heavy atom. The van der Waals surface area contributed by atoms with Crippen LogP contribution >= 0.6 is 11.8 Å². The third-order valence-electron chi connectivity index (χ3n) is 4.00. The van der Waals surface area contributed by atoms with E-state index in [9.17, 15) is 14.9 Å². The third-order valence-corrected chi connectivity index (χ3v) is 4.58. The third kappa shape index (κ3) is 3.61. The van der Waals surface area contributed by atoms with Gasteiger partial charge in [-0.15, -0.1) is 0 Å². The van der Waals surface area contributed by atoms with Crippen LogP contribution in [0, 0.1) is 11.3 Å². The predicted octanol–water partition coefficient (Wildman–Crippen LogP) is 3.48. The van der Waals surface area contributed by atoms with Gasteiger partial charge in [0.2, 0.25) is 0 Å². The SMILES string of the molecule is COC(=O)c1ccc(-c2ccccc2-c2nc(SC)[nH]c(=O)c2C#N)cc1. The summed E-state index contributed by atoms with van der Waals surface area (Å²) in [6, 6.07) is 16.2. The number of nitrogens with one attached hydrogen (secondary N) is 1. The molecule has 0 aliphatic rings. The van der Waals surface area contributed by atoms with Crippen LogP contribution < -0.4 is 5.56 Å². The summed E-state index contributed by atoms with van der Waals surface area (Å²) in [4.78, 5) is 30.9. The summed E-state index contributed by atoms with van der Waals surface area (Å²) in [5.41, 5.74) is 2.56. The van der Waals surface area contributed by atoms with Crippen molar-refractivity contribution < 1.29 is 9.53 Å². The van der Waals surface area contributed by atoms with E-state index >= 15 is 0 Å². The van der Waals surface area contributed by atoms with E-state index < -0.39 is 11.5 Å². The van der Waals surface area contributed by atoms with Gasteiger partial charge in [-0.1, -0.05) is 48.2 Å². The molecule has 6 nitrogen and oxygen atoms in total. The second-order valence-electron chi connectivity index (χ2n) is 5.53. The topological polar surface area (TPSA) is 95.8 Å². The molecule has 1 aromatic heterocycles. The molecule has 0 aliphatic carbocycles. The largest absolute Gasteiger partial charge is 0.465 e. The number of benzene rings is 2. The highest BCUT2D eigenvalue weighted by Crippen LogP contribution is 2.32. The molecule has 134 valence electrons. The summed E-state index contributed by atoms with van der Waals surface area (Å²) < 4.78 is 4.72. The highest BCUT2D eigenvalue weighted by Gasteiger charge is 2.17. The van der Waals surface area contributed by atoms with Gasteiger partial charge in [-0.2, -0.15) is 5.26 Å². The van der Waals surface area contributed by atoms with Crippen LogP contribution in [0.3, 0.4) is 0 Å². The van der Waals surface area contributed by atoms with Crippen molar-refractivity contribution in [3.63, 3.8) is 0 Å². The summed E-state index contributed by atoms with van der Waals surface area (Å²) >= 11 is 1.29. The van der Waals surface area contributed by atoms with Crippen LogP contribution in [-0.2, 0) is 4.74 Å². The number of hydrogen-bond donors (Lipinski definition) is 1. The Bertz CT molecular complexity index is 1100. The first-order chi connectivity index (χ1) is 13.1. The van der Waals surface area contributed by atoms with Crippen LogP contribution in [0.4, 0.5) is 0 Å². The van der Waals surface area contributed by atoms with Crippen LogP contribution in [0.1, 0.15) is 15.9 Å². The number of aromatic amines is 1. The van der Waals surface area contributed by atoms with Gasteiger partial charge in [-0.3, -0.25) is 4.79 Å². The van der Waals surface area contributed by atoms with Crippen molar-refractivity contribution in [2.45, 2.75) is 5.16 Å².